The molecule has 0 bridgehead atoms. The molecule has 25 heavy (non-hydrogen) atoms. The van der Waals surface area contributed by atoms with Crippen LogP contribution in [0.3, 0.4) is 0 Å². The van der Waals surface area contributed by atoms with Gasteiger partial charge in [-0.3, -0.25) is 4.79 Å². The van der Waals surface area contributed by atoms with E-state index in [0.29, 0.717) is 6.54 Å². The smallest absolute Gasteiger partial charge is 0.256 e. The quantitative estimate of drug-likeness (QED) is 0.824. The van der Waals surface area contributed by atoms with Crippen LogP contribution in [-0.4, -0.2) is 40.6 Å². The number of quaternary nitrogens is 1. The van der Waals surface area contributed by atoms with E-state index in [0.717, 1.165) is 16.2 Å². The fraction of sp³-hybridized carbons (Fsp3) is 0.316. The van der Waals surface area contributed by atoms with Crippen molar-refractivity contribution in [2.75, 3.05) is 39.6 Å². The van der Waals surface area contributed by atoms with Crippen molar-refractivity contribution < 1.29 is 14.1 Å². The third-order valence-corrected chi connectivity index (χ3v) is 4.48. The van der Waals surface area contributed by atoms with Gasteiger partial charge in [0, 0.05) is 25.3 Å². The van der Waals surface area contributed by atoms with Crippen LogP contribution in [0.1, 0.15) is 22.0 Å². The number of amides is 1. The Balaban J connectivity index is 2.13. The summed E-state index contributed by atoms with van der Waals surface area (Å²) in [6.07, 6.45) is 0. The number of carbonyl (C=O) groups excluding carboxylic acids is 1. The highest BCUT2D eigenvalue weighted by molar-refractivity contribution is 6.33. The number of hydrogen-bond donors (Lipinski definition) is 2. The first-order valence-electron chi connectivity index (χ1n) is 8.10. The molecule has 0 radical (unpaired) electrons. The first kappa shape index (κ1) is 19.2. The Hall–Kier alpha value is -2.11. The molecule has 2 N–H and O–H groups in total. The average Bonchev–Trinajstić information content (AvgIpc) is 2.55. The van der Waals surface area contributed by atoms with Crippen LogP contribution in [0.5, 0.6) is 0 Å². The molecule has 2 aromatic carbocycles. The summed E-state index contributed by atoms with van der Waals surface area (Å²) in [5, 5.41) is 2.92. The maximum atomic E-state index is 13.9. The topological polar surface area (TPSA) is 36.8 Å². The van der Waals surface area contributed by atoms with Gasteiger partial charge in [0.2, 0.25) is 0 Å². The summed E-state index contributed by atoms with van der Waals surface area (Å²) in [5.74, 6) is -1.12. The van der Waals surface area contributed by atoms with Crippen LogP contribution >= 0.6 is 11.6 Å². The number of carbonyl (C=O) groups is 1. The molecule has 0 heterocycles. The minimum absolute atomic E-state index is 0.0470. The van der Waals surface area contributed by atoms with Crippen molar-refractivity contribution in [1.29, 1.82) is 0 Å². The maximum Gasteiger partial charge on any atom is 0.256 e. The molecule has 134 valence electrons. The van der Waals surface area contributed by atoms with E-state index < -0.39 is 11.7 Å². The minimum atomic E-state index is -0.617. The Morgan fingerprint density at radius 3 is 2.36 bits per heavy atom. The van der Waals surface area contributed by atoms with Crippen LogP contribution in [0.2, 0.25) is 5.02 Å². The van der Waals surface area contributed by atoms with Crippen molar-refractivity contribution in [2.24, 2.45) is 0 Å². The van der Waals surface area contributed by atoms with Crippen molar-refractivity contribution in [3.8, 4) is 0 Å². The van der Waals surface area contributed by atoms with Gasteiger partial charge in [0.25, 0.3) is 5.91 Å². The molecule has 0 spiro atoms. The number of likely N-dealkylation sites (N-methyl/N-ethyl adjacent to an activating group) is 1. The van der Waals surface area contributed by atoms with E-state index in [9.17, 15) is 9.18 Å². The lowest BCUT2D eigenvalue weighted by atomic mass is 10.0. The maximum absolute atomic E-state index is 13.9. The molecule has 2 rings (SSSR count). The summed E-state index contributed by atoms with van der Waals surface area (Å²) in [6, 6.07) is 12.5. The number of nitrogens with zero attached hydrogens (tertiary/aromatic N) is 1. The molecule has 0 saturated heterocycles. The molecule has 0 fully saturated rings. The molecule has 0 aliphatic rings. The van der Waals surface area contributed by atoms with Gasteiger partial charge >= 0.3 is 0 Å². The van der Waals surface area contributed by atoms with Crippen molar-refractivity contribution in [3.63, 3.8) is 0 Å². The first-order valence-corrected chi connectivity index (χ1v) is 8.48. The molecular weight excluding hydrogens is 341 g/mol. The van der Waals surface area contributed by atoms with Gasteiger partial charge in [-0.25, -0.2) is 4.39 Å². The summed E-state index contributed by atoms with van der Waals surface area (Å²) in [4.78, 5) is 15.5. The van der Waals surface area contributed by atoms with E-state index in [1.807, 2.05) is 45.2 Å². The van der Waals surface area contributed by atoms with Crippen molar-refractivity contribution in [1.82, 2.24) is 5.32 Å². The number of anilines is 1. The zero-order valence-electron chi connectivity index (χ0n) is 14.9. The zero-order chi connectivity index (χ0) is 18.6. The van der Waals surface area contributed by atoms with Crippen LogP contribution in [0, 0.1) is 5.82 Å². The molecule has 1 amide bonds. The lowest BCUT2D eigenvalue weighted by Gasteiger charge is -2.23. The Labute approximate surface area is 153 Å². The van der Waals surface area contributed by atoms with Crippen molar-refractivity contribution in [2.45, 2.75) is 6.04 Å². The Morgan fingerprint density at radius 1 is 1.20 bits per heavy atom. The summed E-state index contributed by atoms with van der Waals surface area (Å²) >= 11 is 5.96. The predicted molar refractivity (Wildman–Crippen MR) is 100 cm³/mol. The Morgan fingerprint density at radius 2 is 1.84 bits per heavy atom. The number of halogens is 2. The van der Waals surface area contributed by atoms with E-state index in [2.05, 4.69) is 17.4 Å². The van der Waals surface area contributed by atoms with Crippen LogP contribution in [0.15, 0.2) is 42.5 Å². The number of nitrogens with one attached hydrogen (secondary N) is 2. The van der Waals surface area contributed by atoms with Crippen molar-refractivity contribution in [3.05, 3.63) is 64.4 Å². The molecule has 0 aromatic heterocycles. The molecular formula is C19H24ClFN3O+. The van der Waals surface area contributed by atoms with Gasteiger partial charge in [0.1, 0.15) is 11.9 Å². The van der Waals surface area contributed by atoms with Crippen molar-refractivity contribution >= 4 is 23.2 Å². The van der Waals surface area contributed by atoms with E-state index in [-0.39, 0.29) is 16.6 Å². The summed E-state index contributed by atoms with van der Waals surface area (Å²) in [7, 11) is 8.02. The van der Waals surface area contributed by atoms with Gasteiger partial charge < -0.3 is 15.1 Å². The highest BCUT2D eigenvalue weighted by Crippen LogP contribution is 2.19. The van der Waals surface area contributed by atoms with Gasteiger partial charge in [-0.05, 0) is 24.3 Å². The van der Waals surface area contributed by atoms with Gasteiger partial charge in [-0.1, -0.05) is 29.8 Å². The second-order valence-corrected chi connectivity index (χ2v) is 6.83. The third-order valence-electron chi connectivity index (χ3n) is 4.17. The molecule has 4 nitrogen and oxygen atoms in total. The van der Waals surface area contributed by atoms with E-state index in [4.69, 9.17) is 11.6 Å². The molecule has 0 saturated carbocycles. The summed E-state index contributed by atoms with van der Waals surface area (Å²) in [5.41, 5.74) is 2.10. The van der Waals surface area contributed by atoms with Gasteiger partial charge in [-0.2, -0.15) is 0 Å². The molecule has 0 aliphatic heterocycles. The fourth-order valence-corrected chi connectivity index (χ4v) is 2.91. The predicted octanol–water partition coefficient (Wildman–Crippen LogP) is 2.16. The molecule has 2 aromatic rings. The highest BCUT2D eigenvalue weighted by Gasteiger charge is 2.21. The molecule has 0 unspecified atom stereocenters. The zero-order valence-corrected chi connectivity index (χ0v) is 15.7. The van der Waals surface area contributed by atoms with E-state index in [1.54, 1.807) is 0 Å². The molecule has 1 atom stereocenters. The largest absolute Gasteiger partial charge is 0.378 e. The van der Waals surface area contributed by atoms with E-state index >= 15 is 0 Å². The Bertz CT molecular complexity index is 712. The number of rotatable bonds is 6. The van der Waals surface area contributed by atoms with Crippen LogP contribution in [-0.2, 0) is 0 Å². The second kappa shape index (κ2) is 8.32. The van der Waals surface area contributed by atoms with Gasteiger partial charge in [0.05, 0.1) is 31.2 Å². The normalized spacial score (nSPS) is 12.1. The van der Waals surface area contributed by atoms with Crippen LogP contribution < -0.4 is 15.1 Å². The summed E-state index contributed by atoms with van der Waals surface area (Å²) < 4.78 is 13.9. The lowest BCUT2D eigenvalue weighted by Crippen LogP contribution is -3.07. The minimum Gasteiger partial charge on any atom is -0.378 e. The third kappa shape index (κ3) is 4.71. The lowest BCUT2D eigenvalue weighted by molar-refractivity contribution is -0.890. The first-order chi connectivity index (χ1) is 11.8. The second-order valence-electron chi connectivity index (χ2n) is 6.42. The number of hydrogen-bond acceptors (Lipinski definition) is 2. The summed E-state index contributed by atoms with van der Waals surface area (Å²) in [6.45, 7) is 0.382. The fourth-order valence-electron chi connectivity index (χ4n) is 2.66. The van der Waals surface area contributed by atoms with Gasteiger partial charge in [-0.15, -0.1) is 0 Å². The monoisotopic (exact) mass is 364 g/mol. The molecule has 0 aliphatic carbocycles. The van der Waals surface area contributed by atoms with Crippen LogP contribution in [0.25, 0.3) is 0 Å². The average molecular weight is 365 g/mol. The molecule has 6 heteroatoms. The van der Waals surface area contributed by atoms with E-state index in [1.165, 1.54) is 18.2 Å². The standard InChI is InChI=1S/C19H23ClFN3O/c1-23(2)14-10-8-13(9-11-14)17(24(3)4)12-22-19(25)18-15(20)6-5-7-16(18)21/h5-11,17H,12H2,1-4H3,(H,22,25)/p+1/t17-/m0/s1. The SMILES string of the molecule is CN(C)c1ccc([C@H](CNC(=O)c2c(F)cccc2Cl)[NH+](C)C)cc1. The Kier molecular flexibility index (Phi) is 6.39. The van der Waals surface area contributed by atoms with Crippen LogP contribution in [0.4, 0.5) is 10.1 Å². The highest BCUT2D eigenvalue weighted by atomic mass is 35.5. The number of benzene rings is 2. The van der Waals surface area contributed by atoms with Gasteiger partial charge in [0.15, 0.2) is 0 Å².